The fourth-order valence-electron chi connectivity index (χ4n) is 3.21. The Bertz CT molecular complexity index is 1010. The molecule has 2 heterocycles. The van der Waals surface area contributed by atoms with Crippen LogP contribution in [0.5, 0.6) is 23.0 Å². The average Bonchev–Trinajstić information content (AvgIpc) is 2.58. The number of hydrogen-bond donors (Lipinski definition) is 0. The number of fused-ring (bicyclic) bond motifs is 4. The van der Waals surface area contributed by atoms with Crippen LogP contribution in [-0.4, -0.2) is 0 Å². The molecule has 3 aromatic carbocycles. The van der Waals surface area contributed by atoms with E-state index in [-0.39, 0.29) is 0 Å². The Labute approximate surface area is 141 Å². The summed E-state index contributed by atoms with van der Waals surface area (Å²) < 4.78 is 27.1. The van der Waals surface area contributed by atoms with Crippen LogP contribution in [0, 0.1) is 0 Å². The minimum absolute atomic E-state index is 0.582. The van der Waals surface area contributed by atoms with Crippen LogP contribution < -0.4 is 25.4 Å². The molecule has 0 aliphatic carbocycles. The van der Waals surface area contributed by atoms with Gasteiger partial charge in [0.2, 0.25) is 0 Å². The summed E-state index contributed by atoms with van der Waals surface area (Å²) in [6, 6.07) is 18.7. The van der Waals surface area contributed by atoms with Gasteiger partial charge in [-0.15, -0.1) is 0 Å². The number of ether oxygens (including phenoxy) is 2. The van der Waals surface area contributed by atoms with E-state index in [9.17, 15) is 4.57 Å². The summed E-state index contributed by atoms with van der Waals surface area (Å²) in [6.07, 6.45) is 0. The molecule has 0 amide bonds. The third kappa shape index (κ3) is 1.63. The number of hydrogen-bond acceptors (Lipinski definition) is 3. The Morgan fingerprint density at radius 1 is 0.739 bits per heavy atom. The van der Waals surface area contributed by atoms with Crippen molar-refractivity contribution in [1.82, 2.24) is 0 Å². The van der Waals surface area contributed by atoms with Gasteiger partial charge >= 0.3 is 0 Å². The van der Waals surface area contributed by atoms with Crippen LogP contribution in [0.2, 0.25) is 0 Å². The molecule has 0 fully saturated rings. The van der Waals surface area contributed by atoms with E-state index in [4.69, 9.17) is 9.47 Å². The van der Waals surface area contributed by atoms with Crippen molar-refractivity contribution in [3.63, 3.8) is 0 Å². The van der Waals surface area contributed by atoms with E-state index < -0.39 is 7.14 Å². The Morgan fingerprint density at radius 3 is 2.04 bits per heavy atom. The van der Waals surface area contributed by atoms with Crippen molar-refractivity contribution in [2.24, 2.45) is 0 Å². The normalized spacial score (nSPS) is 19.7. The quantitative estimate of drug-likeness (QED) is 0.373. The number of rotatable bonds is 0. The lowest BCUT2D eigenvalue weighted by molar-refractivity contribution is 0.460. The second kappa shape index (κ2) is 4.50. The van der Waals surface area contributed by atoms with Crippen molar-refractivity contribution in [3.05, 3.63) is 65.1 Å². The van der Waals surface area contributed by atoms with Crippen molar-refractivity contribution in [2.45, 2.75) is 0 Å². The summed E-state index contributed by atoms with van der Waals surface area (Å²) in [5, 5.41) is 2.09. The first-order valence-electron chi connectivity index (χ1n) is 7.17. The van der Waals surface area contributed by atoms with E-state index in [1.807, 2.05) is 60.7 Å². The number of benzene rings is 3. The van der Waals surface area contributed by atoms with Crippen LogP contribution in [0.25, 0.3) is 0 Å². The second-order valence-electron chi connectivity index (χ2n) is 5.47. The smallest absolute Gasteiger partial charge is 0.185 e. The van der Waals surface area contributed by atoms with Crippen molar-refractivity contribution < 1.29 is 14.0 Å². The standard InChI is InChI=1S/C18H10BrO3P/c19-11-9-10-14-18-17(11)22-13-6-2-4-8-16(13)23(18,20)15-7-3-1-5-12(15)21-14/h1-10H/t23-/m0/s1. The predicted octanol–water partition coefficient (Wildman–Crippen LogP) is 4.30. The summed E-state index contributed by atoms with van der Waals surface area (Å²) in [5.74, 6) is 2.46. The predicted molar refractivity (Wildman–Crippen MR) is 93.7 cm³/mol. The number of para-hydroxylation sites is 2. The van der Waals surface area contributed by atoms with E-state index in [1.165, 1.54) is 0 Å². The van der Waals surface area contributed by atoms with Gasteiger partial charge in [-0.2, -0.15) is 0 Å². The maximum atomic E-state index is 14.3. The van der Waals surface area contributed by atoms with Crippen LogP contribution in [-0.2, 0) is 4.57 Å². The van der Waals surface area contributed by atoms with Gasteiger partial charge in [0, 0.05) is 0 Å². The van der Waals surface area contributed by atoms with E-state index in [0.29, 0.717) is 28.3 Å². The first-order chi connectivity index (χ1) is 11.2. The van der Waals surface area contributed by atoms with Crippen LogP contribution in [0.15, 0.2) is 65.1 Å². The van der Waals surface area contributed by atoms with Gasteiger partial charge in [-0.3, -0.25) is 0 Å². The minimum atomic E-state index is -3.02. The molecule has 112 valence electrons. The monoisotopic (exact) mass is 384 g/mol. The highest BCUT2D eigenvalue weighted by Gasteiger charge is 2.46. The van der Waals surface area contributed by atoms with Gasteiger partial charge in [0.05, 0.1) is 15.1 Å². The van der Waals surface area contributed by atoms with Crippen molar-refractivity contribution in [2.75, 3.05) is 0 Å². The molecule has 3 aromatic rings. The molecule has 0 aromatic heterocycles. The molecule has 3 nitrogen and oxygen atoms in total. The topological polar surface area (TPSA) is 35.5 Å². The first kappa shape index (κ1) is 13.4. The van der Waals surface area contributed by atoms with Gasteiger partial charge in [-0.05, 0) is 52.3 Å². The molecule has 0 N–H and O–H groups in total. The SMILES string of the molecule is O=[P@]12c3ccccc3Oc3ccc(Br)c(c31)Oc1ccccc12. The molecule has 1 atom stereocenters. The van der Waals surface area contributed by atoms with Crippen LogP contribution in [0.4, 0.5) is 0 Å². The maximum absolute atomic E-state index is 14.3. The first-order valence-corrected chi connectivity index (χ1v) is 9.67. The van der Waals surface area contributed by atoms with Crippen LogP contribution in [0.3, 0.4) is 0 Å². The zero-order valence-electron chi connectivity index (χ0n) is 11.8. The van der Waals surface area contributed by atoms with E-state index in [1.54, 1.807) is 0 Å². The largest absolute Gasteiger partial charge is 0.456 e. The highest BCUT2D eigenvalue weighted by molar-refractivity contribution is 9.10. The van der Waals surface area contributed by atoms with E-state index >= 15 is 0 Å². The van der Waals surface area contributed by atoms with Crippen molar-refractivity contribution >= 4 is 39.0 Å². The fraction of sp³-hybridized carbons (Fsp3) is 0. The second-order valence-corrected chi connectivity index (χ2v) is 8.96. The van der Waals surface area contributed by atoms with Crippen LogP contribution in [0.1, 0.15) is 0 Å². The summed E-state index contributed by atoms with van der Waals surface area (Å²) in [4.78, 5) is 0. The molecule has 0 saturated carbocycles. The molecule has 0 unspecified atom stereocenters. The summed E-state index contributed by atoms with van der Waals surface area (Å²) in [6.45, 7) is 0. The summed E-state index contributed by atoms with van der Waals surface area (Å²) in [7, 11) is -3.02. The number of halogens is 1. The van der Waals surface area contributed by atoms with Crippen LogP contribution >= 0.6 is 23.1 Å². The summed E-state index contributed by atoms with van der Waals surface area (Å²) in [5.41, 5.74) is 0. The maximum Gasteiger partial charge on any atom is 0.185 e. The van der Waals surface area contributed by atoms with Gasteiger partial charge in [-0.25, -0.2) is 0 Å². The van der Waals surface area contributed by atoms with Gasteiger partial charge in [0.25, 0.3) is 0 Å². The zero-order valence-corrected chi connectivity index (χ0v) is 14.3. The van der Waals surface area contributed by atoms with Crippen molar-refractivity contribution in [1.29, 1.82) is 0 Å². The molecule has 0 spiro atoms. The Hall–Kier alpha value is -2.03. The molecular weight excluding hydrogens is 375 g/mol. The third-order valence-electron chi connectivity index (χ3n) is 4.20. The third-order valence-corrected chi connectivity index (χ3v) is 7.98. The van der Waals surface area contributed by atoms with Gasteiger partial charge in [-0.1, -0.05) is 24.3 Å². The molecule has 5 heteroatoms. The van der Waals surface area contributed by atoms with Gasteiger partial charge in [0.15, 0.2) is 12.9 Å². The lowest BCUT2D eigenvalue weighted by atomic mass is 10.2. The molecule has 5 rings (SSSR count). The Balaban J connectivity index is 1.98. The minimum Gasteiger partial charge on any atom is -0.456 e. The molecule has 0 bridgehead atoms. The zero-order chi connectivity index (χ0) is 15.6. The summed E-state index contributed by atoms with van der Waals surface area (Å²) >= 11 is 3.51. The van der Waals surface area contributed by atoms with E-state index in [0.717, 1.165) is 15.1 Å². The highest BCUT2D eigenvalue weighted by atomic mass is 79.9. The van der Waals surface area contributed by atoms with Gasteiger partial charge in [0.1, 0.15) is 22.6 Å². The Kier molecular flexibility index (Phi) is 2.62. The average molecular weight is 385 g/mol. The van der Waals surface area contributed by atoms with Gasteiger partial charge < -0.3 is 14.0 Å². The lowest BCUT2D eigenvalue weighted by Gasteiger charge is -2.34. The molecule has 2 aliphatic heterocycles. The Morgan fingerprint density at radius 2 is 1.35 bits per heavy atom. The molecule has 0 saturated heterocycles. The molecule has 2 aliphatic rings. The molecular formula is C18H10BrO3P. The lowest BCUT2D eigenvalue weighted by Crippen LogP contribution is -2.35. The highest BCUT2D eigenvalue weighted by Crippen LogP contribution is 2.59. The molecule has 23 heavy (non-hydrogen) atoms. The molecule has 0 radical (unpaired) electrons. The fourth-order valence-corrected chi connectivity index (χ4v) is 6.85. The van der Waals surface area contributed by atoms with Crippen molar-refractivity contribution in [3.8, 4) is 23.0 Å². The van der Waals surface area contributed by atoms with E-state index in [2.05, 4.69) is 15.9 Å².